The summed E-state index contributed by atoms with van der Waals surface area (Å²) in [5.41, 5.74) is 3.15. The zero-order valence-electron chi connectivity index (χ0n) is 15.0. The summed E-state index contributed by atoms with van der Waals surface area (Å²) in [7, 11) is 0. The Hall–Kier alpha value is -3.58. The molecule has 0 aliphatic rings. The van der Waals surface area contributed by atoms with Crippen LogP contribution in [0.4, 0.5) is 5.69 Å². The van der Waals surface area contributed by atoms with Gasteiger partial charge in [-0.1, -0.05) is 42.5 Å². The molecule has 0 bridgehead atoms. The van der Waals surface area contributed by atoms with Crippen molar-refractivity contribution in [3.8, 4) is 11.4 Å². The molecule has 1 N–H and O–H groups in total. The minimum atomic E-state index is -0.127. The molecule has 0 spiro atoms. The van der Waals surface area contributed by atoms with Crippen molar-refractivity contribution in [2.45, 2.75) is 6.92 Å². The summed E-state index contributed by atoms with van der Waals surface area (Å²) in [5, 5.41) is 20.3. The van der Waals surface area contributed by atoms with Crippen LogP contribution in [0.15, 0.2) is 66.0 Å². The molecule has 1 amide bonds. The number of benzene rings is 2. The van der Waals surface area contributed by atoms with Gasteiger partial charge >= 0.3 is 0 Å². The Balaban J connectivity index is 1.58. The topological polar surface area (TPSA) is 72.2 Å². The molecule has 0 atom stereocenters. The second-order valence-electron chi connectivity index (χ2n) is 6.40. The van der Waals surface area contributed by atoms with Crippen molar-refractivity contribution in [3.63, 3.8) is 0 Å². The number of carbonyl (C=O) groups is 1. The van der Waals surface area contributed by atoms with Crippen molar-refractivity contribution >= 4 is 39.4 Å². The van der Waals surface area contributed by atoms with Gasteiger partial charge in [0.2, 0.25) is 0 Å². The Kier molecular flexibility index (Phi) is 3.87. The van der Waals surface area contributed by atoms with Crippen LogP contribution in [0, 0.1) is 6.92 Å². The van der Waals surface area contributed by atoms with E-state index in [-0.39, 0.29) is 5.91 Å². The van der Waals surface area contributed by atoms with Crippen LogP contribution in [-0.4, -0.2) is 25.7 Å². The molecule has 0 fully saturated rings. The standard InChI is InChI=1S/C21H15N5OS/c1-13-16-8-2-3-9-17(16)20-24-23-19(26(20)25-13)14-6-4-7-15(12-14)22-21(27)18-10-5-11-28-18/h2-12H,1H3,(H,22,27). The molecule has 6 nitrogen and oxygen atoms in total. The first kappa shape index (κ1) is 16.6. The molecular formula is C21H15N5OS. The molecule has 2 aromatic carbocycles. The predicted octanol–water partition coefficient (Wildman–Crippen LogP) is 4.57. The van der Waals surface area contributed by atoms with Crippen LogP contribution in [0.1, 0.15) is 15.4 Å². The van der Waals surface area contributed by atoms with Crippen molar-refractivity contribution in [1.82, 2.24) is 19.8 Å². The number of nitrogens with zero attached hydrogens (tertiary/aromatic N) is 4. The van der Waals surface area contributed by atoms with Gasteiger partial charge in [-0.15, -0.1) is 21.5 Å². The lowest BCUT2D eigenvalue weighted by molar-refractivity contribution is 0.103. The molecule has 136 valence electrons. The number of nitrogens with one attached hydrogen (secondary N) is 1. The number of aryl methyl sites for hydroxylation is 1. The third-order valence-corrected chi connectivity index (χ3v) is 5.44. The third-order valence-electron chi connectivity index (χ3n) is 4.57. The molecule has 0 saturated heterocycles. The van der Waals surface area contributed by atoms with Gasteiger partial charge in [0.05, 0.1) is 10.6 Å². The van der Waals surface area contributed by atoms with E-state index in [1.807, 2.05) is 66.9 Å². The molecule has 0 aliphatic carbocycles. The number of anilines is 1. The molecule has 0 saturated carbocycles. The van der Waals surface area contributed by atoms with Crippen LogP contribution < -0.4 is 5.32 Å². The number of hydrogen-bond acceptors (Lipinski definition) is 5. The predicted molar refractivity (Wildman–Crippen MR) is 111 cm³/mol. The zero-order chi connectivity index (χ0) is 19.1. The molecule has 5 rings (SSSR count). The average molecular weight is 385 g/mol. The maximum atomic E-state index is 12.3. The highest BCUT2D eigenvalue weighted by atomic mass is 32.1. The second-order valence-corrected chi connectivity index (χ2v) is 7.35. The van der Waals surface area contributed by atoms with Gasteiger partial charge in [-0.3, -0.25) is 4.79 Å². The molecule has 28 heavy (non-hydrogen) atoms. The molecular weight excluding hydrogens is 370 g/mol. The lowest BCUT2D eigenvalue weighted by Crippen LogP contribution is -2.10. The van der Waals surface area contributed by atoms with E-state index in [1.165, 1.54) is 11.3 Å². The smallest absolute Gasteiger partial charge is 0.265 e. The zero-order valence-corrected chi connectivity index (χ0v) is 15.8. The van der Waals surface area contributed by atoms with Gasteiger partial charge in [0.25, 0.3) is 5.91 Å². The summed E-state index contributed by atoms with van der Waals surface area (Å²) in [5.74, 6) is 0.509. The second kappa shape index (κ2) is 6.54. The molecule has 0 radical (unpaired) electrons. The lowest BCUT2D eigenvalue weighted by atomic mass is 10.1. The number of hydrogen-bond donors (Lipinski definition) is 1. The van der Waals surface area contributed by atoms with E-state index < -0.39 is 0 Å². The van der Waals surface area contributed by atoms with Crippen LogP contribution in [0.5, 0.6) is 0 Å². The molecule has 3 aromatic heterocycles. The Morgan fingerprint density at radius 3 is 2.68 bits per heavy atom. The molecule has 3 heterocycles. The van der Waals surface area contributed by atoms with E-state index in [1.54, 1.807) is 10.6 Å². The van der Waals surface area contributed by atoms with Gasteiger partial charge in [-0.2, -0.15) is 9.61 Å². The van der Waals surface area contributed by atoms with Gasteiger partial charge < -0.3 is 5.32 Å². The van der Waals surface area contributed by atoms with Crippen molar-refractivity contribution < 1.29 is 4.79 Å². The van der Waals surface area contributed by atoms with E-state index in [9.17, 15) is 4.79 Å². The fourth-order valence-corrected chi connectivity index (χ4v) is 3.88. The largest absolute Gasteiger partial charge is 0.321 e. The van der Waals surface area contributed by atoms with Crippen molar-refractivity contribution in [2.75, 3.05) is 5.32 Å². The Morgan fingerprint density at radius 1 is 1.00 bits per heavy atom. The Bertz CT molecular complexity index is 1320. The normalized spacial score (nSPS) is 11.2. The van der Waals surface area contributed by atoms with Crippen molar-refractivity contribution in [2.24, 2.45) is 0 Å². The maximum absolute atomic E-state index is 12.3. The Morgan fingerprint density at radius 2 is 1.86 bits per heavy atom. The highest BCUT2D eigenvalue weighted by Crippen LogP contribution is 2.26. The van der Waals surface area contributed by atoms with Crippen molar-refractivity contribution in [1.29, 1.82) is 0 Å². The summed E-state index contributed by atoms with van der Waals surface area (Å²) in [6, 6.07) is 19.2. The van der Waals surface area contributed by atoms with Gasteiger partial charge in [-0.05, 0) is 30.5 Å². The van der Waals surface area contributed by atoms with E-state index in [0.29, 0.717) is 22.0 Å². The van der Waals surface area contributed by atoms with Crippen molar-refractivity contribution in [3.05, 3.63) is 76.6 Å². The van der Waals surface area contributed by atoms with Gasteiger partial charge in [0, 0.05) is 22.0 Å². The summed E-state index contributed by atoms with van der Waals surface area (Å²) >= 11 is 1.41. The highest BCUT2D eigenvalue weighted by Gasteiger charge is 2.14. The van der Waals surface area contributed by atoms with Crippen LogP contribution in [0.25, 0.3) is 27.8 Å². The molecule has 0 aliphatic heterocycles. The first-order valence-electron chi connectivity index (χ1n) is 8.77. The average Bonchev–Trinajstić information content (AvgIpc) is 3.39. The first-order valence-corrected chi connectivity index (χ1v) is 9.65. The van der Waals surface area contributed by atoms with E-state index >= 15 is 0 Å². The number of amides is 1. The van der Waals surface area contributed by atoms with Crippen LogP contribution in [0.3, 0.4) is 0 Å². The molecule has 0 unspecified atom stereocenters. The fraction of sp³-hybridized carbons (Fsp3) is 0.0476. The van der Waals surface area contributed by atoms with E-state index in [2.05, 4.69) is 20.6 Å². The summed E-state index contributed by atoms with van der Waals surface area (Å²) in [6.07, 6.45) is 0. The van der Waals surface area contributed by atoms with Crippen LogP contribution in [-0.2, 0) is 0 Å². The highest BCUT2D eigenvalue weighted by molar-refractivity contribution is 7.12. The molecule has 5 aromatic rings. The van der Waals surface area contributed by atoms with Gasteiger partial charge in [0.1, 0.15) is 0 Å². The fourth-order valence-electron chi connectivity index (χ4n) is 3.26. The number of aromatic nitrogens is 4. The minimum absolute atomic E-state index is 0.127. The maximum Gasteiger partial charge on any atom is 0.265 e. The summed E-state index contributed by atoms with van der Waals surface area (Å²) in [6.45, 7) is 1.98. The first-order chi connectivity index (χ1) is 13.7. The number of fused-ring (bicyclic) bond motifs is 3. The monoisotopic (exact) mass is 385 g/mol. The van der Waals surface area contributed by atoms with E-state index in [4.69, 9.17) is 0 Å². The third kappa shape index (κ3) is 2.73. The Labute approximate surface area is 164 Å². The SMILES string of the molecule is Cc1nn2c(-c3cccc(NC(=O)c4cccs4)c3)nnc2c2ccccc12. The summed E-state index contributed by atoms with van der Waals surface area (Å²) < 4.78 is 1.76. The lowest BCUT2D eigenvalue weighted by Gasteiger charge is -2.07. The van der Waals surface area contributed by atoms with Crippen LogP contribution >= 0.6 is 11.3 Å². The van der Waals surface area contributed by atoms with Gasteiger partial charge in [-0.25, -0.2) is 0 Å². The number of rotatable bonds is 3. The minimum Gasteiger partial charge on any atom is -0.321 e. The van der Waals surface area contributed by atoms with Crippen LogP contribution in [0.2, 0.25) is 0 Å². The quantitative estimate of drug-likeness (QED) is 0.494. The van der Waals surface area contributed by atoms with E-state index in [0.717, 1.165) is 22.0 Å². The number of carbonyl (C=O) groups excluding carboxylic acids is 1. The van der Waals surface area contributed by atoms with Gasteiger partial charge in [0.15, 0.2) is 11.5 Å². The number of thiophene rings is 1. The molecule has 7 heteroatoms. The summed E-state index contributed by atoms with van der Waals surface area (Å²) in [4.78, 5) is 13.0.